The van der Waals surface area contributed by atoms with Gasteiger partial charge in [0.1, 0.15) is 5.60 Å². The molecule has 0 N–H and O–H groups in total. The van der Waals surface area contributed by atoms with Crippen LogP contribution < -0.4 is 0 Å². The highest BCUT2D eigenvalue weighted by atomic mass is 16.5. The number of ether oxygens (including phenoxy) is 1. The minimum atomic E-state index is -0.206. The van der Waals surface area contributed by atoms with Crippen LogP contribution in [0.25, 0.3) is 0 Å². The zero-order valence-corrected chi connectivity index (χ0v) is 11.4. The van der Waals surface area contributed by atoms with E-state index in [0.29, 0.717) is 0 Å². The normalized spacial score (nSPS) is 19.7. The van der Waals surface area contributed by atoms with Crippen molar-refractivity contribution in [2.45, 2.75) is 45.6 Å². The standard InChI is InChI=1S/C16H21NO/c1-4-5-9-13-12-15(18-16(13,2)3)17-14-10-7-6-8-11-14/h6-8,10-12H,4-5,9H2,1-3H3. The van der Waals surface area contributed by atoms with Gasteiger partial charge < -0.3 is 4.74 Å². The van der Waals surface area contributed by atoms with Gasteiger partial charge in [-0.15, -0.1) is 0 Å². The Bertz CT molecular complexity index is 457. The van der Waals surface area contributed by atoms with Gasteiger partial charge in [-0.05, 0) is 44.4 Å². The molecule has 0 aromatic heterocycles. The molecule has 0 saturated carbocycles. The maximum Gasteiger partial charge on any atom is 0.214 e. The van der Waals surface area contributed by atoms with Crippen molar-refractivity contribution in [1.82, 2.24) is 0 Å². The number of unbranched alkanes of at least 4 members (excludes halogenated alkanes) is 1. The highest BCUT2D eigenvalue weighted by Gasteiger charge is 2.31. The van der Waals surface area contributed by atoms with Gasteiger partial charge in [0.25, 0.3) is 0 Å². The summed E-state index contributed by atoms with van der Waals surface area (Å²) in [7, 11) is 0. The first kappa shape index (κ1) is 12.9. The molecule has 0 spiro atoms. The Kier molecular flexibility index (Phi) is 3.85. The van der Waals surface area contributed by atoms with Crippen molar-refractivity contribution in [1.29, 1.82) is 0 Å². The Morgan fingerprint density at radius 2 is 1.89 bits per heavy atom. The van der Waals surface area contributed by atoms with Crippen molar-refractivity contribution in [2.75, 3.05) is 0 Å². The summed E-state index contributed by atoms with van der Waals surface area (Å²) in [5.41, 5.74) is 2.08. The Hall–Kier alpha value is -1.57. The molecular formula is C16H21NO. The summed E-state index contributed by atoms with van der Waals surface area (Å²) in [5.74, 6) is 0.734. The average Bonchev–Trinajstić information content (AvgIpc) is 2.62. The molecule has 1 heterocycles. The second kappa shape index (κ2) is 5.38. The van der Waals surface area contributed by atoms with Gasteiger partial charge in [0, 0.05) is 6.08 Å². The van der Waals surface area contributed by atoms with Crippen molar-refractivity contribution < 1.29 is 4.74 Å². The summed E-state index contributed by atoms with van der Waals surface area (Å²) in [6.45, 7) is 6.44. The van der Waals surface area contributed by atoms with E-state index in [1.165, 1.54) is 18.4 Å². The minimum absolute atomic E-state index is 0.206. The summed E-state index contributed by atoms with van der Waals surface area (Å²) < 4.78 is 5.92. The van der Waals surface area contributed by atoms with E-state index in [4.69, 9.17) is 4.74 Å². The van der Waals surface area contributed by atoms with Gasteiger partial charge >= 0.3 is 0 Å². The van der Waals surface area contributed by atoms with Crippen LogP contribution in [-0.2, 0) is 4.74 Å². The second-order valence-electron chi connectivity index (χ2n) is 5.17. The lowest BCUT2D eigenvalue weighted by Crippen LogP contribution is -2.23. The fourth-order valence-electron chi connectivity index (χ4n) is 2.10. The fourth-order valence-corrected chi connectivity index (χ4v) is 2.10. The average molecular weight is 243 g/mol. The molecule has 0 bridgehead atoms. The lowest BCUT2D eigenvalue weighted by molar-refractivity contribution is 0.146. The Morgan fingerprint density at radius 1 is 1.17 bits per heavy atom. The smallest absolute Gasteiger partial charge is 0.214 e. The highest BCUT2D eigenvalue weighted by Crippen LogP contribution is 2.32. The number of hydrogen-bond donors (Lipinski definition) is 0. The topological polar surface area (TPSA) is 21.6 Å². The molecule has 1 aromatic rings. The van der Waals surface area contributed by atoms with E-state index < -0.39 is 0 Å². The highest BCUT2D eigenvalue weighted by molar-refractivity contribution is 5.93. The number of aliphatic imine (C=N–C) groups is 1. The van der Waals surface area contributed by atoms with Gasteiger partial charge in [0.15, 0.2) is 0 Å². The van der Waals surface area contributed by atoms with Gasteiger partial charge in [-0.3, -0.25) is 0 Å². The van der Waals surface area contributed by atoms with E-state index in [1.807, 2.05) is 30.3 Å². The molecule has 2 nitrogen and oxygen atoms in total. The Balaban J connectivity index is 2.17. The molecular weight excluding hydrogens is 222 g/mol. The number of para-hydroxylation sites is 1. The summed E-state index contributed by atoms with van der Waals surface area (Å²) in [6, 6.07) is 9.94. The molecule has 96 valence electrons. The van der Waals surface area contributed by atoms with Crippen LogP contribution in [0.1, 0.15) is 40.0 Å². The zero-order valence-electron chi connectivity index (χ0n) is 11.4. The van der Waals surface area contributed by atoms with Crippen molar-refractivity contribution >= 4 is 11.6 Å². The van der Waals surface area contributed by atoms with Gasteiger partial charge in [0.05, 0.1) is 5.69 Å². The minimum Gasteiger partial charge on any atom is -0.467 e. The molecule has 0 amide bonds. The molecule has 18 heavy (non-hydrogen) atoms. The zero-order chi connectivity index (χ0) is 13.0. The number of benzene rings is 1. The first-order chi connectivity index (χ1) is 8.62. The predicted octanol–water partition coefficient (Wildman–Crippen LogP) is 4.64. The largest absolute Gasteiger partial charge is 0.467 e. The van der Waals surface area contributed by atoms with Gasteiger partial charge in [-0.25, -0.2) is 4.99 Å². The van der Waals surface area contributed by atoms with Crippen LogP contribution in [0.15, 0.2) is 47.0 Å². The SMILES string of the molecule is CCCCC1=CC(=Nc2ccccc2)OC1(C)C. The van der Waals surface area contributed by atoms with E-state index in [2.05, 4.69) is 31.8 Å². The van der Waals surface area contributed by atoms with E-state index >= 15 is 0 Å². The molecule has 0 saturated heterocycles. The van der Waals surface area contributed by atoms with E-state index in [1.54, 1.807) is 0 Å². The Morgan fingerprint density at radius 3 is 2.56 bits per heavy atom. The molecule has 0 radical (unpaired) electrons. The third-order valence-corrected chi connectivity index (χ3v) is 3.23. The fraction of sp³-hybridized carbons (Fsp3) is 0.438. The van der Waals surface area contributed by atoms with Crippen LogP contribution in [0.3, 0.4) is 0 Å². The monoisotopic (exact) mass is 243 g/mol. The number of nitrogens with zero attached hydrogens (tertiary/aromatic N) is 1. The molecule has 0 aliphatic carbocycles. The van der Waals surface area contributed by atoms with Gasteiger partial charge in [-0.2, -0.15) is 0 Å². The second-order valence-corrected chi connectivity index (χ2v) is 5.17. The maximum atomic E-state index is 5.92. The van der Waals surface area contributed by atoms with Crippen molar-refractivity contribution in [3.05, 3.63) is 42.0 Å². The van der Waals surface area contributed by atoms with Crippen LogP contribution in [0.5, 0.6) is 0 Å². The van der Waals surface area contributed by atoms with Crippen molar-refractivity contribution in [3.63, 3.8) is 0 Å². The summed E-state index contributed by atoms with van der Waals surface area (Å²) in [4.78, 5) is 4.53. The molecule has 1 aromatic carbocycles. The van der Waals surface area contributed by atoms with Crippen LogP contribution in [0.2, 0.25) is 0 Å². The summed E-state index contributed by atoms with van der Waals surface area (Å²) >= 11 is 0. The Labute approximate surface area is 109 Å². The molecule has 0 atom stereocenters. The predicted molar refractivity (Wildman–Crippen MR) is 76.3 cm³/mol. The van der Waals surface area contributed by atoms with Crippen molar-refractivity contribution in [2.24, 2.45) is 4.99 Å². The van der Waals surface area contributed by atoms with Gasteiger partial charge in [-0.1, -0.05) is 31.5 Å². The van der Waals surface area contributed by atoms with E-state index in [0.717, 1.165) is 18.0 Å². The summed E-state index contributed by atoms with van der Waals surface area (Å²) in [6.07, 6.45) is 5.61. The summed E-state index contributed by atoms with van der Waals surface area (Å²) in [5, 5.41) is 0. The lowest BCUT2D eigenvalue weighted by atomic mass is 9.95. The molecule has 2 heteroatoms. The number of hydrogen-bond acceptors (Lipinski definition) is 2. The molecule has 1 aliphatic heterocycles. The van der Waals surface area contributed by atoms with E-state index in [9.17, 15) is 0 Å². The van der Waals surface area contributed by atoms with Crippen LogP contribution >= 0.6 is 0 Å². The first-order valence-electron chi connectivity index (χ1n) is 6.65. The molecule has 2 rings (SSSR count). The molecule has 0 fully saturated rings. The van der Waals surface area contributed by atoms with Crippen LogP contribution in [0, 0.1) is 0 Å². The van der Waals surface area contributed by atoms with Crippen LogP contribution in [-0.4, -0.2) is 11.5 Å². The van der Waals surface area contributed by atoms with E-state index in [-0.39, 0.29) is 5.60 Å². The third kappa shape index (κ3) is 3.00. The molecule has 0 unspecified atom stereocenters. The first-order valence-corrected chi connectivity index (χ1v) is 6.65. The van der Waals surface area contributed by atoms with Crippen molar-refractivity contribution in [3.8, 4) is 0 Å². The quantitative estimate of drug-likeness (QED) is 0.754. The lowest BCUT2D eigenvalue weighted by Gasteiger charge is -2.22. The maximum absolute atomic E-state index is 5.92. The van der Waals surface area contributed by atoms with Crippen LogP contribution in [0.4, 0.5) is 5.69 Å². The van der Waals surface area contributed by atoms with Gasteiger partial charge in [0.2, 0.25) is 5.90 Å². The molecule has 1 aliphatic rings. The number of rotatable bonds is 4. The third-order valence-electron chi connectivity index (χ3n) is 3.23.